The fourth-order valence-corrected chi connectivity index (χ4v) is 2.06. The van der Waals surface area contributed by atoms with E-state index in [4.69, 9.17) is 5.73 Å². The Morgan fingerprint density at radius 1 is 1.50 bits per heavy atom. The summed E-state index contributed by atoms with van der Waals surface area (Å²) >= 11 is 0. The van der Waals surface area contributed by atoms with Crippen molar-refractivity contribution in [3.8, 4) is 0 Å². The van der Waals surface area contributed by atoms with Crippen LogP contribution in [0.4, 0.5) is 5.69 Å². The van der Waals surface area contributed by atoms with E-state index in [1.165, 1.54) is 0 Å². The Hall–Kier alpha value is -1.55. The molecule has 1 unspecified atom stereocenters. The highest BCUT2D eigenvalue weighted by Gasteiger charge is 2.28. The summed E-state index contributed by atoms with van der Waals surface area (Å²) in [5, 5.41) is 6.71. The van der Waals surface area contributed by atoms with E-state index in [-0.39, 0.29) is 5.54 Å². The van der Waals surface area contributed by atoms with Crippen LogP contribution in [0.1, 0.15) is 23.7 Å². The van der Waals surface area contributed by atoms with Gasteiger partial charge in [0.2, 0.25) is 0 Å². The van der Waals surface area contributed by atoms with Gasteiger partial charge in [-0.15, -0.1) is 0 Å². The zero-order valence-corrected chi connectivity index (χ0v) is 9.42. The molecule has 0 aromatic heterocycles. The summed E-state index contributed by atoms with van der Waals surface area (Å²) in [5.74, 6) is -0.391. The fraction of sp³-hybridized carbons (Fsp3) is 0.417. The van der Waals surface area contributed by atoms with Gasteiger partial charge >= 0.3 is 0 Å². The Balaban J connectivity index is 2.23. The van der Waals surface area contributed by atoms with E-state index < -0.39 is 5.91 Å². The summed E-state index contributed by atoms with van der Waals surface area (Å²) in [4.78, 5) is 11.3. The molecule has 1 aromatic rings. The standard InChI is InChI=1S/C12H17N3O/c1-12(6-7-14-8-12)15-10-5-3-2-4-9(10)11(13)16/h2-5,14-15H,6-8H2,1H3,(H2,13,16). The molecule has 1 fully saturated rings. The first kappa shape index (κ1) is 11.0. The molecule has 1 aromatic carbocycles. The van der Waals surface area contributed by atoms with Gasteiger partial charge in [-0.25, -0.2) is 0 Å². The lowest BCUT2D eigenvalue weighted by Gasteiger charge is -2.26. The van der Waals surface area contributed by atoms with E-state index >= 15 is 0 Å². The van der Waals surface area contributed by atoms with Gasteiger partial charge in [-0.3, -0.25) is 4.79 Å². The fourth-order valence-electron chi connectivity index (χ4n) is 2.06. The predicted molar refractivity (Wildman–Crippen MR) is 64.5 cm³/mol. The van der Waals surface area contributed by atoms with Gasteiger partial charge in [0.15, 0.2) is 0 Å². The van der Waals surface area contributed by atoms with Gasteiger partial charge in [-0.2, -0.15) is 0 Å². The van der Waals surface area contributed by atoms with Crippen molar-refractivity contribution in [3.05, 3.63) is 29.8 Å². The van der Waals surface area contributed by atoms with Crippen LogP contribution in [-0.2, 0) is 0 Å². The molecule has 4 nitrogen and oxygen atoms in total. The maximum absolute atomic E-state index is 11.3. The van der Waals surface area contributed by atoms with Crippen molar-refractivity contribution in [2.24, 2.45) is 5.73 Å². The minimum absolute atomic E-state index is 0.00551. The lowest BCUT2D eigenvalue weighted by atomic mass is 10.00. The summed E-state index contributed by atoms with van der Waals surface area (Å²) in [6.07, 6.45) is 1.04. The van der Waals surface area contributed by atoms with Crippen LogP contribution in [0.25, 0.3) is 0 Å². The lowest BCUT2D eigenvalue weighted by molar-refractivity contribution is 0.100. The number of hydrogen-bond donors (Lipinski definition) is 3. The average molecular weight is 219 g/mol. The van der Waals surface area contributed by atoms with Crippen molar-refractivity contribution in [1.29, 1.82) is 0 Å². The molecule has 1 aliphatic rings. The van der Waals surface area contributed by atoms with E-state index in [9.17, 15) is 4.79 Å². The number of hydrogen-bond acceptors (Lipinski definition) is 3. The minimum Gasteiger partial charge on any atom is -0.378 e. The van der Waals surface area contributed by atoms with Gasteiger partial charge in [0.05, 0.1) is 5.56 Å². The molecule has 0 bridgehead atoms. The predicted octanol–water partition coefficient (Wildman–Crippen LogP) is 0.949. The first-order valence-electron chi connectivity index (χ1n) is 5.48. The van der Waals surface area contributed by atoms with Crippen LogP contribution in [0.15, 0.2) is 24.3 Å². The molecule has 0 spiro atoms. The van der Waals surface area contributed by atoms with Gasteiger partial charge in [0.25, 0.3) is 5.91 Å². The summed E-state index contributed by atoms with van der Waals surface area (Å²) in [5.41, 5.74) is 6.71. The second kappa shape index (κ2) is 4.14. The Morgan fingerprint density at radius 3 is 2.88 bits per heavy atom. The zero-order valence-electron chi connectivity index (χ0n) is 9.42. The van der Waals surface area contributed by atoms with Gasteiger partial charge in [-0.05, 0) is 32.0 Å². The van der Waals surface area contributed by atoms with Crippen LogP contribution in [-0.4, -0.2) is 24.5 Å². The molecule has 2 rings (SSSR count). The Kier molecular flexibility index (Phi) is 2.83. The first-order chi connectivity index (χ1) is 7.61. The molecule has 86 valence electrons. The third kappa shape index (κ3) is 2.17. The van der Waals surface area contributed by atoms with Crippen LogP contribution < -0.4 is 16.4 Å². The number of benzene rings is 1. The maximum atomic E-state index is 11.3. The number of nitrogens with two attached hydrogens (primary N) is 1. The highest BCUT2D eigenvalue weighted by Crippen LogP contribution is 2.23. The van der Waals surface area contributed by atoms with Gasteiger partial charge in [0.1, 0.15) is 0 Å². The second-order valence-corrected chi connectivity index (χ2v) is 4.52. The topological polar surface area (TPSA) is 67.1 Å². The second-order valence-electron chi connectivity index (χ2n) is 4.52. The number of nitrogens with one attached hydrogen (secondary N) is 2. The molecule has 0 radical (unpaired) electrons. The highest BCUT2D eigenvalue weighted by molar-refractivity contribution is 5.98. The molecule has 1 amide bonds. The third-order valence-corrected chi connectivity index (χ3v) is 3.00. The number of amides is 1. The number of carbonyl (C=O) groups is 1. The van der Waals surface area contributed by atoms with Crippen LogP contribution in [0.2, 0.25) is 0 Å². The van der Waals surface area contributed by atoms with Crippen molar-refractivity contribution in [2.75, 3.05) is 18.4 Å². The molecule has 1 saturated heterocycles. The largest absolute Gasteiger partial charge is 0.378 e. The van der Waals surface area contributed by atoms with E-state index in [0.717, 1.165) is 25.2 Å². The summed E-state index contributed by atoms with van der Waals surface area (Å²) in [6, 6.07) is 7.36. The Bertz CT molecular complexity index is 397. The van der Waals surface area contributed by atoms with Crippen molar-refractivity contribution in [1.82, 2.24) is 5.32 Å². The molecule has 4 heteroatoms. The van der Waals surface area contributed by atoms with Crippen LogP contribution in [0.5, 0.6) is 0 Å². The molecule has 1 aliphatic heterocycles. The monoisotopic (exact) mass is 219 g/mol. The third-order valence-electron chi connectivity index (χ3n) is 3.00. The lowest BCUT2D eigenvalue weighted by Crippen LogP contribution is -2.37. The summed E-state index contributed by atoms with van der Waals surface area (Å²) in [6.45, 7) is 4.05. The van der Waals surface area contributed by atoms with E-state index in [2.05, 4.69) is 17.6 Å². The minimum atomic E-state index is -0.391. The average Bonchev–Trinajstić information content (AvgIpc) is 2.65. The molecule has 1 atom stereocenters. The normalized spacial score (nSPS) is 24.3. The molecule has 0 aliphatic carbocycles. The van der Waals surface area contributed by atoms with Crippen molar-refractivity contribution in [2.45, 2.75) is 18.9 Å². The van der Waals surface area contributed by atoms with Crippen molar-refractivity contribution >= 4 is 11.6 Å². The first-order valence-corrected chi connectivity index (χ1v) is 5.48. The van der Waals surface area contributed by atoms with E-state index in [1.54, 1.807) is 6.07 Å². The summed E-state index contributed by atoms with van der Waals surface area (Å²) < 4.78 is 0. The molecule has 4 N–H and O–H groups in total. The number of primary amides is 1. The maximum Gasteiger partial charge on any atom is 0.250 e. The number of para-hydroxylation sites is 1. The molecular formula is C12H17N3O. The van der Waals surface area contributed by atoms with Crippen LogP contribution in [0.3, 0.4) is 0 Å². The number of rotatable bonds is 3. The molecular weight excluding hydrogens is 202 g/mol. The molecule has 1 heterocycles. The number of carbonyl (C=O) groups excluding carboxylic acids is 1. The van der Waals surface area contributed by atoms with Crippen molar-refractivity contribution in [3.63, 3.8) is 0 Å². The van der Waals surface area contributed by atoms with Crippen molar-refractivity contribution < 1.29 is 4.79 Å². The Morgan fingerprint density at radius 2 is 2.25 bits per heavy atom. The van der Waals surface area contributed by atoms with Crippen LogP contribution >= 0.6 is 0 Å². The van der Waals surface area contributed by atoms with E-state index in [1.807, 2.05) is 18.2 Å². The SMILES string of the molecule is CC1(Nc2ccccc2C(N)=O)CCNC1. The molecule has 0 saturated carbocycles. The number of anilines is 1. The Labute approximate surface area is 95.2 Å². The smallest absolute Gasteiger partial charge is 0.250 e. The summed E-state index contributed by atoms with van der Waals surface area (Å²) in [7, 11) is 0. The quantitative estimate of drug-likeness (QED) is 0.709. The molecule has 16 heavy (non-hydrogen) atoms. The zero-order chi connectivity index (χ0) is 11.6. The highest BCUT2D eigenvalue weighted by atomic mass is 16.1. The van der Waals surface area contributed by atoms with Gasteiger partial charge in [-0.1, -0.05) is 12.1 Å². The van der Waals surface area contributed by atoms with E-state index in [0.29, 0.717) is 5.56 Å². The van der Waals surface area contributed by atoms with Gasteiger partial charge < -0.3 is 16.4 Å². The van der Waals surface area contributed by atoms with Crippen LogP contribution in [0, 0.1) is 0 Å². The van der Waals surface area contributed by atoms with Gasteiger partial charge in [0, 0.05) is 17.8 Å².